The molecule has 4 aromatic rings. The van der Waals surface area contributed by atoms with Crippen LogP contribution >= 0.6 is 11.8 Å². The smallest absolute Gasteiger partial charge is 0.237 e. The highest BCUT2D eigenvalue weighted by Gasteiger charge is 2.29. The molecule has 0 radical (unpaired) electrons. The lowest BCUT2D eigenvalue weighted by molar-refractivity contribution is 0.391. The van der Waals surface area contributed by atoms with Gasteiger partial charge >= 0.3 is 0 Å². The van der Waals surface area contributed by atoms with E-state index in [4.69, 9.17) is 4.52 Å². The number of imidazole rings is 1. The lowest BCUT2D eigenvalue weighted by Crippen LogP contribution is -1.99. The maximum absolute atomic E-state index is 5.48. The summed E-state index contributed by atoms with van der Waals surface area (Å²) in [5, 5.41) is 5.17. The van der Waals surface area contributed by atoms with E-state index < -0.39 is 0 Å². The highest BCUT2D eigenvalue weighted by molar-refractivity contribution is 7.98. The Morgan fingerprint density at radius 2 is 1.86 bits per heavy atom. The molecule has 0 N–H and O–H groups in total. The number of thioether (sulfide) groups is 1. The number of hydrogen-bond acceptors (Lipinski definition) is 5. The van der Waals surface area contributed by atoms with E-state index in [-0.39, 0.29) is 0 Å². The second kappa shape index (κ2) is 7.28. The Balaban J connectivity index is 1.37. The molecule has 2 aromatic carbocycles. The molecule has 1 saturated carbocycles. The van der Waals surface area contributed by atoms with Gasteiger partial charge in [0.2, 0.25) is 11.7 Å². The van der Waals surface area contributed by atoms with Crippen molar-refractivity contribution in [2.75, 3.05) is 0 Å². The topological polar surface area (TPSA) is 56.7 Å². The fourth-order valence-corrected chi connectivity index (χ4v) is 4.22. The van der Waals surface area contributed by atoms with E-state index in [2.05, 4.69) is 56.9 Å². The SMILES string of the molecule is Cc1ccccc1-c1noc(CSc2ncc(-c3ccccc3)n2C2CC2)n1. The Hall–Kier alpha value is -2.86. The summed E-state index contributed by atoms with van der Waals surface area (Å²) in [6, 6.07) is 19.1. The molecular formula is C22H20N4OS. The summed E-state index contributed by atoms with van der Waals surface area (Å²) >= 11 is 1.65. The summed E-state index contributed by atoms with van der Waals surface area (Å²) in [7, 11) is 0. The van der Waals surface area contributed by atoms with Crippen molar-refractivity contribution in [3.8, 4) is 22.6 Å². The molecule has 0 amide bonds. The third-order valence-corrected chi connectivity index (χ3v) is 5.87. The summed E-state index contributed by atoms with van der Waals surface area (Å²) in [4.78, 5) is 9.26. The summed E-state index contributed by atoms with van der Waals surface area (Å²) in [6.07, 6.45) is 4.39. The zero-order valence-corrected chi connectivity index (χ0v) is 16.4. The van der Waals surface area contributed by atoms with Gasteiger partial charge in [0.15, 0.2) is 5.16 Å². The standard InChI is InChI=1S/C22H20N4OS/c1-15-7-5-6-10-18(15)21-24-20(27-25-21)14-28-22-23-13-19(26(22)17-11-12-17)16-8-3-2-4-9-16/h2-10,13,17H,11-12,14H2,1H3. The molecule has 6 heteroatoms. The Labute approximate surface area is 167 Å². The molecule has 0 bridgehead atoms. The monoisotopic (exact) mass is 388 g/mol. The van der Waals surface area contributed by atoms with Crippen LogP contribution in [0, 0.1) is 6.92 Å². The average molecular weight is 388 g/mol. The molecular weight excluding hydrogens is 368 g/mol. The summed E-state index contributed by atoms with van der Waals surface area (Å²) in [6.45, 7) is 2.05. The van der Waals surface area contributed by atoms with Crippen LogP contribution in [0.4, 0.5) is 0 Å². The molecule has 0 saturated heterocycles. The molecule has 2 aromatic heterocycles. The summed E-state index contributed by atoms with van der Waals surface area (Å²) in [5.74, 6) is 1.87. The van der Waals surface area contributed by atoms with Gasteiger partial charge in [-0.2, -0.15) is 4.98 Å². The van der Waals surface area contributed by atoms with Crippen LogP contribution in [-0.2, 0) is 5.75 Å². The number of hydrogen-bond donors (Lipinski definition) is 0. The second-order valence-electron chi connectivity index (χ2n) is 7.01. The minimum absolute atomic E-state index is 0.547. The van der Waals surface area contributed by atoms with Crippen LogP contribution < -0.4 is 0 Å². The molecule has 0 aliphatic heterocycles. The van der Waals surface area contributed by atoms with Crippen molar-refractivity contribution in [3.05, 3.63) is 72.2 Å². The van der Waals surface area contributed by atoms with E-state index in [0.29, 0.717) is 23.5 Å². The van der Waals surface area contributed by atoms with E-state index in [1.807, 2.05) is 30.5 Å². The van der Waals surface area contributed by atoms with Crippen molar-refractivity contribution in [1.29, 1.82) is 0 Å². The average Bonchev–Trinajstić information content (AvgIpc) is 3.30. The van der Waals surface area contributed by atoms with Crippen LogP contribution in [0.5, 0.6) is 0 Å². The number of aryl methyl sites for hydroxylation is 1. The third-order valence-electron chi connectivity index (χ3n) is 4.92. The van der Waals surface area contributed by atoms with E-state index >= 15 is 0 Å². The van der Waals surface area contributed by atoms with Crippen molar-refractivity contribution in [2.24, 2.45) is 0 Å². The highest BCUT2D eigenvalue weighted by Crippen LogP contribution is 2.42. The van der Waals surface area contributed by atoms with E-state index in [1.165, 1.54) is 24.1 Å². The maximum Gasteiger partial charge on any atom is 0.237 e. The number of benzene rings is 2. The quantitative estimate of drug-likeness (QED) is 0.406. The Morgan fingerprint density at radius 3 is 2.64 bits per heavy atom. The lowest BCUT2D eigenvalue weighted by atomic mass is 10.1. The van der Waals surface area contributed by atoms with Gasteiger partial charge in [-0.3, -0.25) is 0 Å². The molecule has 0 atom stereocenters. The molecule has 140 valence electrons. The minimum atomic E-state index is 0.547. The zero-order valence-electron chi connectivity index (χ0n) is 15.6. The maximum atomic E-state index is 5.48. The predicted octanol–water partition coefficient (Wildman–Crippen LogP) is 5.54. The molecule has 28 heavy (non-hydrogen) atoms. The van der Waals surface area contributed by atoms with Gasteiger partial charge in [-0.1, -0.05) is 71.5 Å². The normalized spacial score (nSPS) is 13.8. The molecule has 5 rings (SSSR count). The van der Waals surface area contributed by atoms with Gasteiger partial charge in [0.05, 0.1) is 17.6 Å². The lowest BCUT2D eigenvalue weighted by Gasteiger charge is -2.10. The van der Waals surface area contributed by atoms with E-state index in [0.717, 1.165) is 16.3 Å². The molecule has 2 heterocycles. The largest absolute Gasteiger partial charge is 0.338 e. The van der Waals surface area contributed by atoms with Gasteiger partial charge < -0.3 is 9.09 Å². The minimum Gasteiger partial charge on any atom is -0.338 e. The van der Waals surface area contributed by atoms with Crippen LogP contribution in [0.2, 0.25) is 0 Å². The summed E-state index contributed by atoms with van der Waals surface area (Å²) in [5.41, 5.74) is 4.53. The zero-order chi connectivity index (χ0) is 18.9. The van der Waals surface area contributed by atoms with Crippen molar-refractivity contribution in [2.45, 2.75) is 36.7 Å². The Morgan fingerprint density at radius 1 is 1.07 bits per heavy atom. The molecule has 1 fully saturated rings. The van der Waals surface area contributed by atoms with Crippen molar-refractivity contribution < 1.29 is 4.52 Å². The Bertz CT molecular complexity index is 1100. The van der Waals surface area contributed by atoms with Crippen molar-refractivity contribution >= 4 is 11.8 Å². The molecule has 5 nitrogen and oxygen atoms in total. The summed E-state index contributed by atoms with van der Waals surface area (Å²) < 4.78 is 7.84. The van der Waals surface area contributed by atoms with Gasteiger partial charge in [-0.05, 0) is 30.9 Å². The Kier molecular flexibility index (Phi) is 4.49. The first-order valence-corrected chi connectivity index (χ1v) is 10.4. The highest BCUT2D eigenvalue weighted by atomic mass is 32.2. The van der Waals surface area contributed by atoms with Crippen LogP contribution in [0.25, 0.3) is 22.6 Å². The van der Waals surface area contributed by atoms with Crippen molar-refractivity contribution in [3.63, 3.8) is 0 Å². The first kappa shape index (κ1) is 17.3. The van der Waals surface area contributed by atoms with Crippen LogP contribution in [0.3, 0.4) is 0 Å². The van der Waals surface area contributed by atoms with Crippen molar-refractivity contribution in [1.82, 2.24) is 19.7 Å². The van der Waals surface area contributed by atoms with Gasteiger partial charge in [-0.15, -0.1) is 0 Å². The van der Waals surface area contributed by atoms with Gasteiger partial charge in [0, 0.05) is 11.6 Å². The third kappa shape index (κ3) is 3.36. The first-order valence-electron chi connectivity index (χ1n) is 9.43. The number of nitrogens with zero attached hydrogens (tertiary/aromatic N) is 4. The number of aromatic nitrogens is 4. The van der Waals surface area contributed by atoms with Crippen LogP contribution in [0.15, 0.2) is 70.5 Å². The second-order valence-corrected chi connectivity index (χ2v) is 7.95. The fourth-order valence-electron chi connectivity index (χ4n) is 3.33. The van der Waals surface area contributed by atoms with Crippen LogP contribution in [-0.4, -0.2) is 19.7 Å². The van der Waals surface area contributed by atoms with Gasteiger partial charge in [0.1, 0.15) is 0 Å². The molecule has 0 spiro atoms. The van der Waals surface area contributed by atoms with Crippen LogP contribution in [0.1, 0.15) is 30.3 Å². The number of rotatable bonds is 6. The van der Waals surface area contributed by atoms with E-state index in [1.54, 1.807) is 11.8 Å². The fraction of sp³-hybridized carbons (Fsp3) is 0.227. The predicted molar refractivity (Wildman–Crippen MR) is 110 cm³/mol. The molecule has 1 aliphatic rings. The van der Waals surface area contributed by atoms with Gasteiger partial charge in [-0.25, -0.2) is 4.98 Å². The van der Waals surface area contributed by atoms with Gasteiger partial charge in [0.25, 0.3) is 0 Å². The molecule has 0 unspecified atom stereocenters. The molecule has 1 aliphatic carbocycles. The first-order chi connectivity index (χ1) is 13.8. The van der Waals surface area contributed by atoms with E-state index in [9.17, 15) is 0 Å².